The third-order valence-electron chi connectivity index (χ3n) is 5.14. The summed E-state index contributed by atoms with van der Waals surface area (Å²) >= 11 is 0. The molecule has 1 aliphatic rings. The molecule has 2 heterocycles. The predicted molar refractivity (Wildman–Crippen MR) is 109 cm³/mol. The average Bonchev–Trinajstić information content (AvgIpc) is 3.18. The molecule has 0 spiro atoms. The molecule has 0 bridgehead atoms. The number of nitrogens with zero attached hydrogens (tertiary/aromatic N) is 2. The van der Waals surface area contributed by atoms with E-state index in [1.807, 2.05) is 59.5 Å². The van der Waals surface area contributed by atoms with Gasteiger partial charge < -0.3 is 19.4 Å². The van der Waals surface area contributed by atoms with Crippen LogP contribution in [0.3, 0.4) is 0 Å². The van der Waals surface area contributed by atoms with Gasteiger partial charge in [0.15, 0.2) is 0 Å². The molecule has 0 radical (unpaired) electrons. The molecule has 0 saturated carbocycles. The second-order valence-electron chi connectivity index (χ2n) is 6.93. The number of benzene rings is 2. The Morgan fingerprint density at radius 1 is 1.00 bits per heavy atom. The second kappa shape index (κ2) is 8.35. The van der Waals surface area contributed by atoms with Gasteiger partial charge in [0.25, 0.3) is 5.91 Å². The van der Waals surface area contributed by atoms with Crippen LogP contribution in [0, 0.1) is 0 Å². The number of ether oxygens (including phenoxy) is 2. The Morgan fingerprint density at radius 3 is 2.57 bits per heavy atom. The minimum atomic E-state index is 0.0727. The van der Waals surface area contributed by atoms with E-state index in [1.165, 1.54) is 0 Å². The molecule has 3 aromatic rings. The summed E-state index contributed by atoms with van der Waals surface area (Å²) in [6, 6.07) is 17.5. The Labute approximate surface area is 164 Å². The van der Waals surface area contributed by atoms with Crippen LogP contribution in [0.15, 0.2) is 54.6 Å². The number of amides is 1. The highest BCUT2D eigenvalue weighted by molar-refractivity contribution is 5.98. The van der Waals surface area contributed by atoms with E-state index in [9.17, 15) is 4.79 Å². The first-order chi connectivity index (χ1) is 13.7. The topological polar surface area (TPSA) is 57.8 Å². The summed E-state index contributed by atoms with van der Waals surface area (Å²) < 4.78 is 11.0. The van der Waals surface area contributed by atoms with Gasteiger partial charge in [-0.2, -0.15) is 0 Å². The molecule has 2 aromatic carbocycles. The highest BCUT2D eigenvalue weighted by Gasteiger charge is 2.23. The van der Waals surface area contributed by atoms with Crippen LogP contribution in [0.25, 0.3) is 10.9 Å². The molecular formula is C22H25N3O3. The molecule has 0 aliphatic carbocycles. The highest BCUT2D eigenvalue weighted by atomic mass is 16.5. The van der Waals surface area contributed by atoms with Gasteiger partial charge in [-0.25, -0.2) is 0 Å². The Bertz CT molecular complexity index is 912. The quantitative estimate of drug-likeness (QED) is 0.715. The fourth-order valence-electron chi connectivity index (χ4n) is 3.52. The number of H-pyrrole nitrogens is 1. The van der Waals surface area contributed by atoms with Crippen molar-refractivity contribution in [2.24, 2.45) is 0 Å². The number of hydrogen-bond donors (Lipinski definition) is 1. The van der Waals surface area contributed by atoms with Crippen LogP contribution in [-0.4, -0.2) is 67.1 Å². The summed E-state index contributed by atoms with van der Waals surface area (Å²) in [6.07, 6.45) is 0. The normalized spacial score (nSPS) is 15.0. The van der Waals surface area contributed by atoms with Crippen molar-refractivity contribution in [3.8, 4) is 11.5 Å². The van der Waals surface area contributed by atoms with Gasteiger partial charge in [-0.1, -0.05) is 24.3 Å². The van der Waals surface area contributed by atoms with Crippen LogP contribution < -0.4 is 9.47 Å². The first-order valence-corrected chi connectivity index (χ1v) is 9.59. The van der Waals surface area contributed by atoms with Crippen LogP contribution in [0.2, 0.25) is 0 Å². The van der Waals surface area contributed by atoms with Gasteiger partial charge >= 0.3 is 0 Å². The number of hydrogen-bond acceptors (Lipinski definition) is 4. The van der Waals surface area contributed by atoms with Crippen molar-refractivity contribution in [3.05, 3.63) is 60.3 Å². The zero-order valence-corrected chi connectivity index (χ0v) is 16.1. The number of rotatable bonds is 6. The van der Waals surface area contributed by atoms with Crippen molar-refractivity contribution in [2.75, 3.05) is 46.4 Å². The van der Waals surface area contributed by atoms with E-state index in [-0.39, 0.29) is 5.91 Å². The van der Waals surface area contributed by atoms with Gasteiger partial charge in [0.2, 0.25) is 0 Å². The van der Waals surface area contributed by atoms with Gasteiger partial charge in [0.1, 0.15) is 23.8 Å². The van der Waals surface area contributed by atoms with Crippen molar-refractivity contribution < 1.29 is 14.3 Å². The van der Waals surface area contributed by atoms with E-state index in [2.05, 4.69) is 9.88 Å². The van der Waals surface area contributed by atoms with E-state index < -0.39 is 0 Å². The average molecular weight is 379 g/mol. The van der Waals surface area contributed by atoms with Crippen molar-refractivity contribution in [2.45, 2.75) is 0 Å². The molecule has 0 unspecified atom stereocenters. The molecule has 28 heavy (non-hydrogen) atoms. The van der Waals surface area contributed by atoms with Gasteiger partial charge in [0.05, 0.1) is 7.11 Å². The summed E-state index contributed by atoms with van der Waals surface area (Å²) in [4.78, 5) is 20.3. The maximum absolute atomic E-state index is 12.8. The number of carbonyl (C=O) groups excluding carboxylic acids is 1. The van der Waals surface area contributed by atoms with Crippen LogP contribution in [0.4, 0.5) is 0 Å². The van der Waals surface area contributed by atoms with Crippen molar-refractivity contribution in [3.63, 3.8) is 0 Å². The Balaban J connectivity index is 1.25. The van der Waals surface area contributed by atoms with Crippen molar-refractivity contribution in [1.82, 2.24) is 14.8 Å². The zero-order chi connectivity index (χ0) is 19.3. The lowest BCUT2D eigenvalue weighted by atomic mass is 10.2. The number of aromatic amines is 1. The summed E-state index contributed by atoms with van der Waals surface area (Å²) in [6.45, 7) is 4.62. The van der Waals surface area contributed by atoms with E-state index in [0.717, 1.165) is 55.1 Å². The molecule has 4 rings (SSSR count). The zero-order valence-electron chi connectivity index (χ0n) is 16.1. The van der Waals surface area contributed by atoms with Gasteiger partial charge in [-0.05, 0) is 24.3 Å². The molecule has 0 atom stereocenters. The number of piperazine rings is 1. The lowest BCUT2D eigenvalue weighted by molar-refractivity contribution is 0.0615. The van der Waals surface area contributed by atoms with Crippen LogP contribution in [0.1, 0.15) is 10.5 Å². The number of fused-ring (bicyclic) bond motifs is 1. The van der Waals surface area contributed by atoms with Gasteiger partial charge in [-0.15, -0.1) is 0 Å². The molecule has 6 heteroatoms. The van der Waals surface area contributed by atoms with Gasteiger partial charge in [0, 0.05) is 49.7 Å². The highest BCUT2D eigenvalue weighted by Crippen LogP contribution is 2.19. The number of para-hydroxylation sites is 1. The Morgan fingerprint density at radius 2 is 1.79 bits per heavy atom. The molecule has 146 valence electrons. The van der Waals surface area contributed by atoms with Crippen molar-refractivity contribution >= 4 is 16.8 Å². The fourth-order valence-corrected chi connectivity index (χ4v) is 3.52. The smallest absolute Gasteiger partial charge is 0.270 e. The predicted octanol–water partition coefficient (Wildman–Crippen LogP) is 3.01. The monoisotopic (exact) mass is 379 g/mol. The first kappa shape index (κ1) is 18.4. The number of nitrogens with one attached hydrogen (secondary N) is 1. The summed E-state index contributed by atoms with van der Waals surface area (Å²) in [5.41, 5.74) is 1.66. The largest absolute Gasteiger partial charge is 0.497 e. The van der Waals surface area contributed by atoms with E-state index in [1.54, 1.807) is 7.11 Å². The minimum Gasteiger partial charge on any atom is -0.497 e. The molecule has 6 nitrogen and oxygen atoms in total. The lowest BCUT2D eigenvalue weighted by Gasteiger charge is -2.34. The van der Waals surface area contributed by atoms with Gasteiger partial charge in [-0.3, -0.25) is 9.69 Å². The molecule has 1 saturated heterocycles. The standard InChI is InChI=1S/C22H25N3O3/c1-27-18-6-4-7-19(16-18)28-14-13-24-9-11-25(12-10-24)22(26)21-15-17-5-2-3-8-20(17)23-21/h2-8,15-16,23H,9-14H2,1H3. The summed E-state index contributed by atoms with van der Waals surface area (Å²) in [5.74, 6) is 1.68. The molecule has 1 amide bonds. The van der Waals surface area contributed by atoms with E-state index >= 15 is 0 Å². The third kappa shape index (κ3) is 4.12. The SMILES string of the molecule is COc1cccc(OCCN2CCN(C(=O)c3cc4ccccc4[nH]3)CC2)c1. The van der Waals surface area contributed by atoms with Crippen LogP contribution >= 0.6 is 0 Å². The van der Waals surface area contributed by atoms with Crippen LogP contribution in [0.5, 0.6) is 11.5 Å². The van der Waals surface area contributed by atoms with E-state index in [4.69, 9.17) is 9.47 Å². The summed E-state index contributed by atoms with van der Waals surface area (Å²) in [5, 5.41) is 1.07. The molecule has 1 aromatic heterocycles. The van der Waals surface area contributed by atoms with E-state index in [0.29, 0.717) is 12.3 Å². The number of aromatic nitrogens is 1. The third-order valence-corrected chi connectivity index (χ3v) is 5.14. The molecule has 1 N–H and O–H groups in total. The maximum atomic E-state index is 12.8. The fraction of sp³-hybridized carbons (Fsp3) is 0.318. The lowest BCUT2D eigenvalue weighted by Crippen LogP contribution is -2.49. The maximum Gasteiger partial charge on any atom is 0.270 e. The first-order valence-electron chi connectivity index (χ1n) is 9.59. The molecule has 1 fully saturated rings. The Kier molecular flexibility index (Phi) is 5.48. The Hall–Kier alpha value is -2.99. The van der Waals surface area contributed by atoms with Crippen molar-refractivity contribution in [1.29, 1.82) is 0 Å². The summed E-state index contributed by atoms with van der Waals surface area (Å²) in [7, 11) is 1.65. The van der Waals surface area contributed by atoms with Crippen LogP contribution in [-0.2, 0) is 0 Å². The molecular weight excluding hydrogens is 354 g/mol. The number of carbonyl (C=O) groups is 1. The molecule has 1 aliphatic heterocycles. The second-order valence-corrected chi connectivity index (χ2v) is 6.93. The number of methoxy groups -OCH3 is 1. The minimum absolute atomic E-state index is 0.0727.